The molecule has 2 aromatic carbocycles. The van der Waals surface area contributed by atoms with Crippen molar-refractivity contribution >= 4 is 40.5 Å². The highest BCUT2D eigenvalue weighted by Crippen LogP contribution is 2.36. The molecule has 1 N–H and O–H groups in total. The molecule has 0 bridgehead atoms. The van der Waals surface area contributed by atoms with Crippen molar-refractivity contribution in [3.05, 3.63) is 56.1 Å². The van der Waals surface area contributed by atoms with E-state index in [0.717, 1.165) is 37.8 Å². The van der Waals surface area contributed by atoms with E-state index in [0.29, 0.717) is 17.1 Å². The molecule has 1 aliphatic rings. The molecular weight excluding hydrogens is 407 g/mol. The second-order valence-corrected chi connectivity index (χ2v) is 7.20. The summed E-state index contributed by atoms with van der Waals surface area (Å²) in [6.07, 6.45) is 4.27. The zero-order chi connectivity index (χ0) is 20.3. The SMILES string of the molecule is COc1ccc(C(=O)Nc2c(Cl)cc([N+](=O)[O-])cc2Cl)cc1OC1CCCC1. The molecule has 1 aliphatic carbocycles. The summed E-state index contributed by atoms with van der Waals surface area (Å²) in [6.45, 7) is 0. The van der Waals surface area contributed by atoms with Crippen molar-refractivity contribution in [1.29, 1.82) is 0 Å². The second-order valence-electron chi connectivity index (χ2n) is 6.39. The third-order valence-electron chi connectivity index (χ3n) is 4.50. The Bertz CT molecular complexity index is 890. The average molecular weight is 425 g/mol. The molecule has 0 heterocycles. The molecule has 7 nitrogen and oxygen atoms in total. The molecule has 1 amide bonds. The molecule has 148 valence electrons. The van der Waals surface area contributed by atoms with Gasteiger partial charge in [-0.1, -0.05) is 23.2 Å². The maximum absolute atomic E-state index is 12.7. The van der Waals surface area contributed by atoms with E-state index in [1.54, 1.807) is 18.2 Å². The Labute approximate surface area is 171 Å². The number of methoxy groups -OCH3 is 1. The predicted octanol–water partition coefficient (Wildman–Crippen LogP) is 5.48. The molecule has 28 heavy (non-hydrogen) atoms. The topological polar surface area (TPSA) is 90.7 Å². The monoisotopic (exact) mass is 424 g/mol. The summed E-state index contributed by atoms with van der Waals surface area (Å²) < 4.78 is 11.3. The number of nitrogens with one attached hydrogen (secondary N) is 1. The van der Waals surface area contributed by atoms with Gasteiger partial charge in [0.15, 0.2) is 11.5 Å². The van der Waals surface area contributed by atoms with E-state index in [4.69, 9.17) is 32.7 Å². The lowest BCUT2D eigenvalue weighted by atomic mass is 10.1. The summed E-state index contributed by atoms with van der Waals surface area (Å²) in [5.41, 5.74) is 0.164. The summed E-state index contributed by atoms with van der Waals surface area (Å²) in [7, 11) is 1.53. The Balaban J connectivity index is 1.83. The number of ether oxygens (including phenoxy) is 2. The largest absolute Gasteiger partial charge is 0.493 e. The molecule has 0 aromatic heterocycles. The number of nitrogens with zero attached hydrogens (tertiary/aromatic N) is 1. The van der Waals surface area contributed by atoms with Crippen LogP contribution in [0.4, 0.5) is 11.4 Å². The van der Waals surface area contributed by atoms with Crippen molar-refractivity contribution in [3.8, 4) is 11.5 Å². The van der Waals surface area contributed by atoms with E-state index in [9.17, 15) is 14.9 Å². The first-order valence-corrected chi connectivity index (χ1v) is 9.44. The number of hydrogen-bond donors (Lipinski definition) is 1. The van der Waals surface area contributed by atoms with Gasteiger partial charge in [0, 0.05) is 17.7 Å². The van der Waals surface area contributed by atoms with Gasteiger partial charge in [-0.3, -0.25) is 14.9 Å². The first kappa shape index (κ1) is 20.2. The molecule has 0 aliphatic heterocycles. The van der Waals surface area contributed by atoms with Crippen molar-refractivity contribution in [3.63, 3.8) is 0 Å². The maximum Gasteiger partial charge on any atom is 0.272 e. The van der Waals surface area contributed by atoms with Gasteiger partial charge in [0.25, 0.3) is 11.6 Å². The van der Waals surface area contributed by atoms with Crippen molar-refractivity contribution in [1.82, 2.24) is 0 Å². The zero-order valence-corrected chi connectivity index (χ0v) is 16.5. The van der Waals surface area contributed by atoms with Crippen LogP contribution in [0.3, 0.4) is 0 Å². The second kappa shape index (κ2) is 8.67. The third-order valence-corrected chi connectivity index (χ3v) is 5.09. The third kappa shape index (κ3) is 4.48. The van der Waals surface area contributed by atoms with Crippen molar-refractivity contribution in [2.75, 3.05) is 12.4 Å². The van der Waals surface area contributed by atoms with Crippen molar-refractivity contribution in [2.45, 2.75) is 31.8 Å². The Hall–Kier alpha value is -2.51. The van der Waals surface area contributed by atoms with Gasteiger partial charge in [0.2, 0.25) is 0 Å². The fourth-order valence-electron chi connectivity index (χ4n) is 3.07. The van der Waals surface area contributed by atoms with E-state index >= 15 is 0 Å². The Morgan fingerprint density at radius 1 is 1.14 bits per heavy atom. The number of benzene rings is 2. The minimum Gasteiger partial charge on any atom is -0.493 e. The molecule has 1 fully saturated rings. The van der Waals surface area contributed by atoms with Crippen molar-refractivity contribution in [2.24, 2.45) is 0 Å². The number of carbonyl (C=O) groups excluding carboxylic acids is 1. The molecule has 2 aromatic rings. The fourth-order valence-corrected chi connectivity index (χ4v) is 3.64. The van der Waals surface area contributed by atoms with Gasteiger partial charge in [-0.05, 0) is 43.9 Å². The number of rotatable bonds is 6. The van der Waals surface area contributed by atoms with E-state index in [2.05, 4.69) is 5.32 Å². The van der Waals surface area contributed by atoms with Crippen LogP contribution in [0.1, 0.15) is 36.0 Å². The molecular formula is C19H18Cl2N2O5. The van der Waals surface area contributed by atoms with Gasteiger partial charge in [0.05, 0.1) is 33.9 Å². The van der Waals surface area contributed by atoms with Crippen LogP contribution >= 0.6 is 23.2 Å². The predicted molar refractivity (Wildman–Crippen MR) is 107 cm³/mol. The molecule has 3 rings (SSSR count). The quantitative estimate of drug-likeness (QED) is 0.489. The smallest absolute Gasteiger partial charge is 0.272 e. The van der Waals surface area contributed by atoms with Crippen LogP contribution in [0.2, 0.25) is 10.0 Å². The summed E-state index contributed by atoms with van der Waals surface area (Å²) in [4.78, 5) is 22.9. The molecule has 0 atom stereocenters. The number of nitro groups is 1. The Morgan fingerprint density at radius 2 is 1.79 bits per heavy atom. The molecule has 0 saturated heterocycles. The van der Waals surface area contributed by atoms with E-state index in [1.807, 2.05) is 0 Å². The lowest BCUT2D eigenvalue weighted by molar-refractivity contribution is -0.384. The van der Waals surface area contributed by atoms with Crippen LogP contribution in [0.25, 0.3) is 0 Å². The summed E-state index contributed by atoms with van der Waals surface area (Å²) in [5.74, 6) is 0.550. The average Bonchev–Trinajstić information content (AvgIpc) is 3.17. The number of hydrogen-bond acceptors (Lipinski definition) is 5. The van der Waals surface area contributed by atoms with Crippen LogP contribution < -0.4 is 14.8 Å². The molecule has 9 heteroatoms. The van der Waals surface area contributed by atoms with E-state index < -0.39 is 10.8 Å². The Kier molecular flexibility index (Phi) is 6.26. The Morgan fingerprint density at radius 3 is 2.36 bits per heavy atom. The van der Waals surface area contributed by atoms with Gasteiger partial charge in [0.1, 0.15) is 0 Å². The summed E-state index contributed by atoms with van der Waals surface area (Å²) in [5, 5.41) is 13.4. The van der Waals surface area contributed by atoms with Crippen LogP contribution in [-0.4, -0.2) is 24.0 Å². The number of nitro benzene ring substituents is 1. The van der Waals surface area contributed by atoms with E-state index in [-0.39, 0.29) is 27.5 Å². The lowest BCUT2D eigenvalue weighted by Gasteiger charge is -2.17. The van der Waals surface area contributed by atoms with E-state index in [1.165, 1.54) is 7.11 Å². The highest BCUT2D eigenvalue weighted by atomic mass is 35.5. The first-order chi connectivity index (χ1) is 13.4. The maximum atomic E-state index is 12.7. The number of carbonyl (C=O) groups is 1. The van der Waals surface area contributed by atoms with Crippen molar-refractivity contribution < 1.29 is 19.2 Å². The van der Waals surface area contributed by atoms with Gasteiger partial charge in [-0.2, -0.15) is 0 Å². The molecule has 0 radical (unpaired) electrons. The zero-order valence-electron chi connectivity index (χ0n) is 15.0. The summed E-state index contributed by atoms with van der Waals surface area (Å²) >= 11 is 12.1. The molecule has 0 unspecified atom stereocenters. The van der Waals surface area contributed by atoms with Crippen LogP contribution in [0.15, 0.2) is 30.3 Å². The molecule has 0 spiro atoms. The van der Waals surface area contributed by atoms with Crippen LogP contribution in [-0.2, 0) is 0 Å². The van der Waals surface area contributed by atoms with Gasteiger partial charge in [-0.25, -0.2) is 0 Å². The standard InChI is InChI=1S/C19H18Cl2N2O5/c1-27-16-7-6-11(8-17(16)28-13-4-2-3-5-13)19(24)22-18-14(20)9-12(23(25)26)10-15(18)21/h6-10,13H,2-5H2,1H3,(H,22,24). The minimum atomic E-state index is -0.612. The number of halogens is 2. The van der Waals surface area contributed by atoms with Gasteiger partial charge in [-0.15, -0.1) is 0 Å². The first-order valence-electron chi connectivity index (χ1n) is 8.68. The summed E-state index contributed by atoms with van der Waals surface area (Å²) in [6, 6.07) is 7.10. The highest BCUT2D eigenvalue weighted by molar-refractivity contribution is 6.40. The van der Waals surface area contributed by atoms with Gasteiger partial charge < -0.3 is 14.8 Å². The number of non-ortho nitro benzene ring substituents is 1. The minimum absolute atomic E-state index is 0.0245. The van der Waals surface area contributed by atoms with Crippen LogP contribution in [0, 0.1) is 10.1 Å². The fraction of sp³-hybridized carbons (Fsp3) is 0.316. The molecule has 1 saturated carbocycles. The highest BCUT2D eigenvalue weighted by Gasteiger charge is 2.21. The lowest BCUT2D eigenvalue weighted by Crippen LogP contribution is -2.15. The number of amides is 1. The van der Waals surface area contributed by atoms with Crippen LogP contribution in [0.5, 0.6) is 11.5 Å². The number of anilines is 1. The normalized spacial score (nSPS) is 14.0. The van der Waals surface area contributed by atoms with Gasteiger partial charge >= 0.3 is 0 Å².